The number of hydrogen-bond acceptors (Lipinski definition) is 3. The van der Waals surface area contributed by atoms with E-state index in [1.54, 1.807) is 11.8 Å². The molecule has 3 nitrogen and oxygen atoms in total. The van der Waals surface area contributed by atoms with Crippen LogP contribution in [-0.2, 0) is 4.79 Å². The van der Waals surface area contributed by atoms with Crippen LogP contribution in [0.2, 0.25) is 5.02 Å². The minimum atomic E-state index is 0.255. The molecule has 0 N–H and O–H groups in total. The Morgan fingerprint density at radius 2 is 1.80 bits per heavy atom. The largest absolute Gasteiger partial charge is 0.368 e. The molecule has 2 aromatic rings. The molecule has 1 aliphatic rings. The number of anilines is 1. The van der Waals surface area contributed by atoms with E-state index in [2.05, 4.69) is 42.2 Å². The van der Waals surface area contributed by atoms with Crippen molar-refractivity contribution in [3.8, 4) is 0 Å². The fourth-order valence-corrected chi connectivity index (χ4v) is 3.96. The first kappa shape index (κ1) is 18.2. The van der Waals surface area contributed by atoms with Crippen LogP contribution in [0.3, 0.4) is 0 Å². The molecule has 0 bridgehead atoms. The summed E-state index contributed by atoms with van der Waals surface area (Å²) in [7, 11) is 0. The molecule has 0 atom stereocenters. The first-order valence-electron chi connectivity index (χ1n) is 8.59. The predicted octanol–water partition coefficient (Wildman–Crippen LogP) is 4.48. The third-order valence-electron chi connectivity index (χ3n) is 4.41. The van der Waals surface area contributed by atoms with Gasteiger partial charge in [-0.2, -0.15) is 0 Å². The van der Waals surface area contributed by atoms with Crippen LogP contribution in [0, 0.1) is 6.92 Å². The van der Waals surface area contributed by atoms with E-state index >= 15 is 0 Å². The van der Waals surface area contributed by atoms with Crippen molar-refractivity contribution in [1.29, 1.82) is 0 Å². The molecular formula is C20H23ClN2OS. The maximum absolute atomic E-state index is 12.4. The molecule has 5 heteroatoms. The Bertz CT molecular complexity index is 712. The van der Waals surface area contributed by atoms with Crippen LogP contribution in [0.15, 0.2) is 53.4 Å². The number of carbonyl (C=O) groups is 1. The van der Waals surface area contributed by atoms with E-state index < -0.39 is 0 Å². The lowest BCUT2D eigenvalue weighted by molar-refractivity contribution is -0.131. The Hall–Kier alpha value is -1.65. The first-order valence-corrected chi connectivity index (χ1v) is 9.96. The number of aryl methyl sites for hydroxylation is 1. The minimum absolute atomic E-state index is 0.255. The molecule has 132 valence electrons. The summed E-state index contributed by atoms with van der Waals surface area (Å²) in [6.45, 7) is 5.36. The molecule has 0 radical (unpaired) electrons. The average Bonchev–Trinajstić information content (AvgIpc) is 2.63. The first-order chi connectivity index (χ1) is 12.1. The number of piperazine rings is 1. The number of benzene rings is 2. The fourth-order valence-electron chi connectivity index (χ4n) is 2.94. The molecule has 0 unspecified atom stereocenters. The molecule has 1 amide bonds. The van der Waals surface area contributed by atoms with Crippen LogP contribution in [0.1, 0.15) is 12.0 Å². The molecule has 1 aliphatic heterocycles. The maximum Gasteiger partial charge on any atom is 0.223 e. The summed E-state index contributed by atoms with van der Waals surface area (Å²) in [4.78, 5) is 17.9. The monoisotopic (exact) mass is 374 g/mol. The van der Waals surface area contributed by atoms with Gasteiger partial charge in [0.25, 0.3) is 0 Å². The molecule has 1 heterocycles. The van der Waals surface area contributed by atoms with Crippen molar-refractivity contribution >= 4 is 35.0 Å². The van der Waals surface area contributed by atoms with Crippen LogP contribution < -0.4 is 4.90 Å². The summed E-state index contributed by atoms with van der Waals surface area (Å²) in [6, 6.07) is 16.4. The summed E-state index contributed by atoms with van der Waals surface area (Å²) in [5.41, 5.74) is 2.40. The number of amides is 1. The Labute approximate surface area is 159 Å². The third kappa shape index (κ3) is 5.16. The molecule has 25 heavy (non-hydrogen) atoms. The van der Waals surface area contributed by atoms with Crippen molar-refractivity contribution in [2.45, 2.75) is 18.2 Å². The highest BCUT2D eigenvalue weighted by Crippen LogP contribution is 2.22. The number of hydrogen-bond donors (Lipinski definition) is 0. The summed E-state index contributed by atoms with van der Waals surface area (Å²) < 4.78 is 0. The van der Waals surface area contributed by atoms with E-state index in [0.29, 0.717) is 6.42 Å². The zero-order valence-corrected chi connectivity index (χ0v) is 16.0. The van der Waals surface area contributed by atoms with Gasteiger partial charge in [-0.3, -0.25) is 4.79 Å². The minimum Gasteiger partial charge on any atom is -0.368 e. The normalized spacial score (nSPS) is 14.6. The van der Waals surface area contributed by atoms with Crippen molar-refractivity contribution in [2.75, 3.05) is 36.8 Å². The highest BCUT2D eigenvalue weighted by molar-refractivity contribution is 7.99. The van der Waals surface area contributed by atoms with E-state index in [-0.39, 0.29) is 5.91 Å². The number of thioether (sulfide) groups is 1. The predicted molar refractivity (Wildman–Crippen MR) is 107 cm³/mol. The lowest BCUT2D eigenvalue weighted by Crippen LogP contribution is -2.48. The van der Waals surface area contributed by atoms with Crippen LogP contribution in [-0.4, -0.2) is 42.7 Å². The van der Waals surface area contributed by atoms with Gasteiger partial charge in [0, 0.05) is 54.0 Å². The van der Waals surface area contributed by atoms with Gasteiger partial charge in [0.2, 0.25) is 5.91 Å². The topological polar surface area (TPSA) is 23.6 Å². The smallest absolute Gasteiger partial charge is 0.223 e. The van der Waals surface area contributed by atoms with Gasteiger partial charge in [-0.15, -0.1) is 11.8 Å². The molecule has 0 saturated carbocycles. The zero-order chi connectivity index (χ0) is 17.6. The molecule has 2 aromatic carbocycles. The van der Waals surface area contributed by atoms with Gasteiger partial charge in [-0.25, -0.2) is 0 Å². The molecular weight excluding hydrogens is 352 g/mol. The average molecular weight is 375 g/mol. The Balaban J connectivity index is 1.43. The van der Waals surface area contributed by atoms with Crippen molar-refractivity contribution in [2.24, 2.45) is 0 Å². The molecule has 0 spiro atoms. The number of carbonyl (C=O) groups excluding carboxylic acids is 1. The maximum atomic E-state index is 12.4. The van der Waals surface area contributed by atoms with Crippen LogP contribution in [0.25, 0.3) is 0 Å². The SMILES string of the molecule is Cc1ccc(SCCC(=O)N2CCN(c3cccc(Cl)c3)CC2)cc1. The van der Waals surface area contributed by atoms with E-state index in [4.69, 9.17) is 11.6 Å². The summed E-state index contributed by atoms with van der Waals surface area (Å²) >= 11 is 7.81. The highest BCUT2D eigenvalue weighted by atomic mass is 35.5. The molecule has 0 aromatic heterocycles. The van der Waals surface area contributed by atoms with Crippen molar-refractivity contribution in [1.82, 2.24) is 4.90 Å². The van der Waals surface area contributed by atoms with Gasteiger partial charge in [-0.05, 0) is 37.3 Å². The fraction of sp³-hybridized carbons (Fsp3) is 0.350. The van der Waals surface area contributed by atoms with Crippen molar-refractivity contribution in [3.63, 3.8) is 0 Å². The van der Waals surface area contributed by atoms with Gasteiger partial charge in [0.1, 0.15) is 0 Å². The number of halogens is 1. The highest BCUT2D eigenvalue weighted by Gasteiger charge is 2.21. The third-order valence-corrected chi connectivity index (χ3v) is 5.66. The molecule has 1 saturated heterocycles. The van der Waals surface area contributed by atoms with Crippen LogP contribution in [0.5, 0.6) is 0 Å². The van der Waals surface area contributed by atoms with Gasteiger partial charge < -0.3 is 9.80 Å². The lowest BCUT2D eigenvalue weighted by atomic mass is 10.2. The summed E-state index contributed by atoms with van der Waals surface area (Å²) in [5, 5.41) is 0.754. The van der Waals surface area contributed by atoms with E-state index in [1.807, 2.05) is 23.1 Å². The van der Waals surface area contributed by atoms with Gasteiger partial charge in [0.05, 0.1) is 0 Å². The van der Waals surface area contributed by atoms with E-state index in [0.717, 1.165) is 42.6 Å². The number of nitrogens with zero attached hydrogens (tertiary/aromatic N) is 2. The van der Waals surface area contributed by atoms with E-state index in [9.17, 15) is 4.79 Å². The standard InChI is InChI=1S/C20H23ClN2OS/c1-16-5-7-19(8-6-16)25-14-9-20(24)23-12-10-22(11-13-23)18-4-2-3-17(21)15-18/h2-8,15H,9-14H2,1H3. The van der Waals surface area contributed by atoms with Gasteiger partial charge in [-0.1, -0.05) is 35.4 Å². The van der Waals surface area contributed by atoms with Crippen molar-refractivity contribution in [3.05, 3.63) is 59.1 Å². The Morgan fingerprint density at radius 1 is 1.08 bits per heavy atom. The van der Waals surface area contributed by atoms with Gasteiger partial charge >= 0.3 is 0 Å². The molecule has 0 aliphatic carbocycles. The summed E-state index contributed by atoms with van der Waals surface area (Å²) in [6.07, 6.45) is 0.593. The van der Waals surface area contributed by atoms with E-state index in [1.165, 1.54) is 10.5 Å². The second kappa shape index (κ2) is 8.63. The lowest BCUT2D eigenvalue weighted by Gasteiger charge is -2.36. The quantitative estimate of drug-likeness (QED) is 0.721. The second-order valence-electron chi connectivity index (χ2n) is 6.26. The second-order valence-corrected chi connectivity index (χ2v) is 7.86. The number of rotatable bonds is 5. The van der Waals surface area contributed by atoms with Gasteiger partial charge in [0.15, 0.2) is 0 Å². The Morgan fingerprint density at radius 3 is 2.48 bits per heavy atom. The Kier molecular flexibility index (Phi) is 6.27. The zero-order valence-electron chi connectivity index (χ0n) is 14.5. The van der Waals surface area contributed by atoms with Crippen molar-refractivity contribution < 1.29 is 4.79 Å². The van der Waals surface area contributed by atoms with Crippen LogP contribution in [0.4, 0.5) is 5.69 Å². The molecule has 1 fully saturated rings. The van der Waals surface area contributed by atoms with Crippen LogP contribution >= 0.6 is 23.4 Å². The summed E-state index contributed by atoms with van der Waals surface area (Å²) in [5.74, 6) is 1.08. The molecule has 3 rings (SSSR count).